The van der Waals surface area contributed by atoms with E-state index in [0.717, 1.165) is 26.0 Å². The van der Waals surface area contributed by atoms with Crippen LogP contribution < -0.4 is 16.4 Å². The highest BCUT2D eigenvalue weighted by Gasteiger charge is 2.10. The lowest BCUT2D eigenvalue weighted by Gasteiger charge is -2.09. The molecule has 0 aromatic rings. The zero-order chi connectivity index (χ0) is 16.6. The van der Waals surface area contributed by atoms with Crippen LogP contribution in [0.15, 0.2) is 0 Å². The quantitative estimate of drug-likeness (QED) is 0.362. The van der Waals surface area contributed by atoms with Gasteiger partial charge in [-0.15, -0.1) is 0 Å². The Balaban J connectivity index is 3.25. The summed E-state index contributed by atoms with van der Waals surface area (Å²) >= 11 is 0. The fraction of sp³-hybridized carbons (Fsp3) is 0.867. The van der Waals surface area contributed by atoms with Crippen molar-refractivity contribution >= 4 is 11.7 Å². The maximum atomic E-state index is 11.5. The van der Waals surface area contributed by atoms with Gasteiger partial charge in [0.1, 0.15) is 5.78 Å². The van der Waals surface area contributed by atoms with E-state index in [4.69, 9.17) is 15.2 Å². The fourth-order valence-corrected chi connectivity index (χ4v) is 1.65. The summed E-state index contributed by atoms with van der Waals surface area (Å²) < 4.78 is 10.8. The summed E-state index contributed by atoms with van der Waals surface area (Å²) in [6, 6.07) is -0.540. The number of ketones is 1. The SMILES string of the molecule is CNCCCOCCOCCCNC(=O)CCC(N)C(C)=O. The van der Waals surface area contributed by atoms with Crippen molar-refractivity contribution in [3.05, 3.63) is 0 Å². The Morgan fingerprint density at radius 3 is 2.18 bits per heavy atom. The number of nitrogens with two attached hydrogens (primary N) is 1. The molecule has 7 nitrogen and oxygen atoms in total. The van der Waals surface area contributed by atoms with Crippen LogP contribution in [0.2, 0.25) is 0 Å². The number of ether oxygens (including phenoxy) is 2. The van der Waals surface area contributed by atoms with Gasteiger partial charge in [-0.2, -0.15) is 0 Å². The molecule has 0 saturated heterocycles. The molecule has 0 spiro atoms. The highest BCUT2D eigenvalue weighted by Crippen LogP contribution is 1.95. The van der Waals surface area contributed by atoms with Crippen molar-refractivity contribution in [1.29, 1.82) is 0 Å². The number of amides is 1. The lowest BCUT2D eigenvalue weighted by molar-refractivity contribution is -0.121. The van der Waals surface area contributed by atoms with E-state index in [1.54, 1.807) is 0 Å². The molecule has 1 amide bonds. The number of rotatable bonds is 15. The highest BCUT2D eigenvalue weighted by molar-refractivity contribution is 5.82. The predicted octanol–water partition coefficient (Wildman–Crippen LogP) is -0.168. The van der Waals surface area contributed by atoms with Crippen LogP contribution in [0.5, 0.6) is 0 Å². The Morgan fingerprint density at radius 1 is 1.05 bits per heavy atom. The van der Waals surface area contributed by atoms with E-state index in [0.29, 0.717) is 32.8 Å². The number of hydrogen-bond donors (Lipinski definition) is 3. The lowest BCUT2D eigenvalue weighted by atomic mass is 10.1. The second kappa shape index (κ2) is 14.9. The molecule has 0 aliphatic carbocycles. The standard InChI is InChI=1S/C15H31N3O4/c1-13(19)14(16)5-6-15(20)18-8-4-10-22-12-11-21-9-3-7-17-2/h14,17H,3-12,16H2,1-2H3,(H,18,20). The Morgan fingerprint density at radius 2 is 1.64 bits per heavy atom. The van der Waals surface area contributed by atoms with Crippen LogP contribution >= 0.6 is 0 Å². The average Bonchev–Trinajstić information content (AvgIpc) is 2.50. The van der Waals surface area contributed by atoms with Crippen LogP contribution in [0, 0.1) is 0 Å². The summed E-state index contributed by atoms with van der Waals surface area (Å²) in [6.07, 6.45) is 2.42. The maximum absolute atomic E-state index is 11.5. The molecule has 0 saturated carbocycles. The highest BCUT2D eigenvalue weighted by atomic mass is 16.5. The summed E-state index contributed by atoms with van der Waals surface area (Å²) in [5, 5.41) is 5.83. The molecule has 0 fully saturated rings. The first kappa shape index (κ1) is 21.0. The molecule has 0 aliphatic rings. The smallest absolute Gasteiger partial charge is 0.220 e. The second-order valence-corrected chi connectivity index (χ2v) is 5.14. The van der Waals surface area contributed by atoms with Crippen molar-refractivity contribution in [2.45, 2.75) is 38.6 Å². The van der Waals surface area contributed by atoms with Gasteiger partial charge in [-0.1, -0.05) is 0 Å². The molecular formula is C15H31N3O4. The molecule has 0 rings (SSSR count). The van der Waals surface area contributed by atoms with Crippen molar-refractivity contribution in [1.82, 2.24) is 10.6 Å². The number of Topliss-reactive ketones (excluding diaryl/α,β-unsaturated/α-hetero) is 1. The maximum Gasteiger partial charge on any atom is 0.220 e. The summed E-state index contributed by atoms with van der Waals surface area (Å²) in [4.78, 5) is 22.4. The van der Waals surface area contributed by atoms with E-state index in [1.165, 1.54) is 6.92 Å². The Kier molecular flexibility index (Phi) is 14.2. The number of nitrogens with one attached hydrogen (secondary N) is 2. The summed E-state index contributed by atoms with van der Waals surface area (Å²) in [5.74, 6) is -0.168. The van der Waals surface area contributed by atoms with Crippen LogP contribution in [0.4, 0.5) is 0 Å². The minimum absolute atomic E-state index is 0.0791. The van der Waals surface area contributed by atoms with Crippen molar-refractivity contribution in [2.24, 2.45) is 5.73 Å². The first-order valence-electron chi connectivity index (χ1n) is 7.90. The first-order chi connectivity index (χ1) is 10.6. The van der Waals surface area contributed by atoms with Crippen molar-refractivity contribution in [3.63, 3.8) is 0 Å². The third-order valence-electron chi connectivity index (χ3n) is 3.08. The second-order valence-electron chi connectivity index (χ2n) is 5.14. The van der Waals surface area contributed by atoms with Crippen molar-refractivity contribution < 1.29 is 19.1 Å². The van der Waals surface area contributed by atoms with Gasteiger partial charge in [-0.3, -0.25) is 9.59 Å². The third-order valence-corrected chi connectivity index (χ3v) is 3.08. The van der Waals surface area contributed by atoms with Crippen LogP contribution in [-0.2, 0) is 19.1 Å². The first-order valence-corrected chi connectivity index (χ1v) is 7.90. The van der Waals surface area contributed by atoms with Gasteiger partial charge >= 0.3 is 0 Å². The van der Waals surface area contributed by atoms with Crippen molar-refractivity contribution in [3.8, 4) is 0 Å². The molecule has 0 radical (unpaired) electrons. The summed E-state index contributed by atoms with van der Waals surface area (Å²) in [5.41, 5.74) is 5.56. The predicted molar refractivity (Wildman–Crippen MR) is 85.7 cm³/mol. The molecule has 0 aliphatic heterocycles. The zero-order valence-electron chi connectivity index (χ0n) is 13.9. The average molecular weight is 317 g/mol. The van der Waals surface area contributed by atoms with Gasteiger partial charge < -0.3 is 25.8 Å². The molecule has 130 valence electrons. The van der Waals surface area contributed by atoms with Crippen molar-refractivity contribution in [2.75, 3.05) is 46.6 Å². The monoisotopic (exact) mass is 317 g/mol. The van der Waals surface area contributed by atoms with Gasteiger partial charge in [0, 0.05) is 26.2 Å². The molecule has 22 heavy (non-hydrogen) atoms. The minimum atomic E-state index is -0.540. The van der Waals surface area contributed by atoms with E-state index in [1.807, 2.05) is 7.05 Å². The largest absolute Gasteiger partial charge is 0.379 e. The van der Waals surface area contributed by atoms with E-state index in [-0.39, 0.29) is 18.1 Å². The van der Waals surface area contributed by atoms with Crippen LogP contribution in [0.3, 0.4) is 0 Å². The molecule has 4 N–H and O–H groups in total. The molecule has 1 unspecified atom stereocenters. The Bertz CT molecular complexity index is 301. The Hall–Kier alpha value is -1.02. The van der Waals surface area contributed by atoms with Gasteiger partial charge in [-0.25, -0.2) is 0 Å². The molecule has 7 heteroatoms. The Labute approximate surface area is 133 Å². The minimum Gasteiger partial charge on any atom is -0.379 e. The van der Waals surface area contributed by atoms with E-state index in [2.05, 4.69) is 10.6 Å². The molecule has 0 bridgehead atoms. The molecule has 0 aromatic carbocycles. The normalized spacial score (nSPS) is 12.1. The van der Waals surface area contributed by atoms with Crippen LogP contribution in [0.25, 0.3) is 0 Å². The fourth-order valence-electron chi connectivity index (χ4n) is 1.65. The van der Waals surface area contributed by atoms with Gasteiger partial charge in [0.2, 0.25) is 5.91 Å². The molecule has 1 atom stereocenters. The van der Waals surface area contributed by atoms with E-state index < -0.39 is 6.04 Å². The molecule has 0 aromatic heterocycles. The molecular weight excluding hydrogens is 286 g/mol. The third kappa shape index (κ3) is 13.9. The lowest BCUT2D eigenvalue weighted by Crippen LogP contribution is -2.32. The van der Waals surface area contributed by atoms with E-state index in [9.17, 15) is 9.59 Å². The van der Waals surface area contributed by atoms with Crippen LogP contribution in [-0.4, -0.2) is 64.3 Å². The topological polar surface area (TPSA) is 103 Å². The van der Waals surface area contributed by atoms with Gasteiger partial charge in [0.25, 0.3) is 0 Å². The number of hydrogen-bond acceptors (Lipinski definition) is 6. The van der Waals surface area contributed by atoms with Gasteiger partial charge in [0.05, 0.1) is 19.3 Å². The number of carbonyl (C=O) groups excluding carboxylic acids is 2. The van der Waals surface area contributed by atoms with Crippen LogP contribution in [0.1, 0.15) is 32.6 Å². The van der Waals surface area contributed by atoms with Gasteiger partial charge in [0.15, 0.2) is 0 Å². The summed E-state index contributed by atoms with van der Waals surface area (Å²) in [7, 11) is 1.92. The zero-order valence-corrected chi connectivity index (χ0v) is 13.9. The van der Waals surface area contributed by atoms with E-state index >= 15 is 0 Å². The van der Waals surface area contributed by atoms with Gasteiger partial charge in [-0.05, 0) is 39.8 Å². The summed E-state index contributed by atoms with van der Waals surface area (Å²) in [6.45, 7) is 5.45. The molecule has 0 heterocycles. The number of carbonyl (C=O) groups is 2.